The van der Waals surface area contributed by atoms with Crippen LogP contribution in [-0.4, -0.2) is 34.5 Å². The average Bonchev–Trinajstić information content (AvgIpc) is 3.15. The number of furan rings is 1. The standard InChI is InChI=1S/C17H21NO4S/c1-10-15-12(18-16(10)17(20)22-6-7-23-2)8-11(9-13(15)19)14-4-3-5-21-14/h3-5,11,17-18,20H,6-9H2,1-2H3. The predicted octanol–water partition coefficient (Wildman–Crippen LogP) is 3.20. The van der Waals surface area contributed by atoms with E-state index < -0.39 is 6.29 Å². The zero-order valence-electron chi connectivity index (χ0n) is 13.3. The van der Waals surface area contributed by atoms with Crippen LogP contribution in [0.2, 0.25) is 0 Å². The number of hydrogen-bond donors (Lipinski definition) is 2. The Morgan fingerprint density at radius 2 is 2.35 bits per heavy atom. The molecule has 0 radical (unpaired) electrons. The Morgan fingerprint density at radius 1 is 1.52 bits per heavy atom. The molecule has 1 aliphatic carbocycles. The summed E-state index contributed by atoms with van der Waals surface area (Å²) in [6, 6.07) is 3.74. The summed E-state index contributed by atoms with van der Waals surface area (Å²) in [4.78, 5) is 15.7. The Morgan fingerprint density at radius 3 is 3.04 bits per heavy atom. The topological polar surface area (TPSA) is 75.5 Å². The quantitative estimate of drug-likeness (QED) is 0.626. The van der Waals surface area contributed by atoms with E-state index in [-0.39, 0.29) is 11.7 Å². The molecule has 0 spiro atoms. The van der Waals surface area contributed by atoms with Gasteiger partial charge in [0.2, 0.25) is 0 Å². The minimum Gasteiger partial charge on any atom is -0.469 e. The van der Waals surface area contributed by atoms with Crippen molar-refractivity contribution in [3.63, 3.8) is 0 Å². The lowest BCUT2D eigenvalue weighted by molar-refractivity contribution is -0.0998. The fraction of sp³-hybridized carbons (Fsp3) is 0.471. The third-order valence-corrected chi connectivity index (χ3v) is 4.86. The number of hydrogen-bond acceptors (Lipinski definition) is 5. The maximum Gasteiger partial charge on any atom is 0.196 e. The van der Waals surface area contributed by atoms with Crippen LogP contribution >= 0.6 is 11.8 Å². The Hall–Kier alpha value is -1.50. The van der Waals surface area contributed by atoms with E-state index in [4.69, 9.17) is 9.15 Å². The van der Waals surface area contributed by atoms with Crippen molar-refractivity contribution in [3.05, 3.63) is 46.7 Å². The summed E-state index contributed by atoms with van der Waals surface area (Å²) < 4.78 is 10.9. The first-order valence-corrected chi connectivity index (χ1v) is 9.07. The lowest BCUT2D eigenvalue weighted by atomic mass is 9.84. The molecular weight excluding hydrogens is 314 g/mol. The summed E-state index contributed by atoms with van der Waals surface area (Å²) >= 11 is 1.66. The van der Waals surface area contributed by atoms with Gasteiger partial charge >= 0.3 is 0 Å². The number of rotatable bonds is 6. The van der Waals surface area contributed by atoms with E-state index in [1.54, 1.807) is 18.0 Å². The first-order valence-electron chi connectivity index (χ1n) is 7.68. The fourth-order valence-corrected chi connectivity index (χ4v) is 3.42. The van der Waals surface area contributed by atoms with E-state index >= 15 is 0 Å². The van der Waals surface area contributed by atoms with Crippen molar-refractivity contribution in [2.75, 3.05) is 18.6 Å². The van der Waals surface area contributed by atoms with E-state index in [9.17, 15) is 9.90 Å². The zero-order chi connectivity index (χ0) is 16.4. The minimum atomic E-state index is -1.03. The van der Waals surface area contributed by atoms with Crippen molar-refractivity contribution in [2.24, 2.45) is 0 Å². The number of ketones is 1. The smallest absolute Gasteiger partial charge is 0.196 e. The van der Waals surface area contributed by atoms with Crippen LogP contribution in [0.25, 0.3) is 0 Å². The van der Waals surface area contributed by atoms with Gasteiger partial charge in [-0.1, -0.05) is 0 Å². The van der Waals surface area contributed by atoms with Crippen molar-refractivity contribution in [1.29, 1.82) is 0 Å². The van der Waals surface area contributed by atoms with Gasteiger partial charge in [0.15, 0.2) is 12.1 Å². The lowest BCUT2D eigenvalue weighted by Gasteiger charge is -2.19. The number of aromatic nitrogens is 1. The molecule has 0 fully saturated rings. The van der Waals surface area contributed by atoms with Gasteiger partial charge in [-0.2, -0.15) is 11.8 Å². The molecule has 2 N–H and O–H groups in total. The van der Waals surface area contributed by atoms with Crippen LogP contribution in [0.5, 0.6) is 0 Å². The highest BCUT2D eigenvalue weighted by Crippen LogP contribution is 2.36. The second kappa shape index (κ2) is 6.95. The molecule has 2 unspecified atom stereocenters. The summed E-state index contributed by atoms with van der Waals surface area (Å²) in [5, 5.41) is 10.2. The van der Waals surface area contributed by atoms with Crippen molar-refractivity contribution in [2.45, 2.75) is 32.0 Å². The number of aromatic amines is 1. The molecule has 0 saturated heterocycles. The van der Waals surface area contributed by atoms with Gasteiger partial charge in [0, 0.05) is 29.3 Å². The van der Waals surface area contributed by atoms with Gasteiger partial charge < -0.3 is 19.2 Å². The van der Waals surface area contributed by atoms with Crippen LogP contribution in [0, 0.1) is 6.92 Å². The highest BCUT2D eigenvalue weighted by molar-refractivity contribution is 7.98. The number of nitrogens with one attached hydrogen (secondary N) is 1. The van der Waals surface area contributed by atoms with Crippen molar-refractivity contribution in [3.8, 4) is 0 Å². The fourth-order valence-electron chi connectivity index (χ4n) is 3.15. The third-order valence-electron chi connectivity index (χ3n) is 4.28. The van der Waals surface area contributed by atoms with Crippen LogP contribution in [0.15, 0.2) is 22.8 Å². The molecule has 0 amide bonds. The van der Waals surface area contributed by atoms with E-state index in [1.807, 2.05) is 25.3 Å². The molecule has 2 heterocycles. The summed E-state index contributed by atoms with van der Waals surface area (Å²) in [6.07, 6.45) is 3.73. The summed E-state index contributed by atoms with van der Waals surface area (Å²) in [5.74, 6) is 1.78. The second-order valence-corrected chi connectivity index (χ2v) is 6.76. The molecule has 23 heavy (non-hydrogen) atoms. The molecular formula is C17H21NO4S. The van der Waals surface area contributed by atoms with Crippen LogP contribution in [0.1, 0.15) is 51.7 Å². The summed E-state index contributed by atoms with van der Waals surface area (Å²) in [6.45, 7) is 2.32. The molecule has 5 nitrogen and oxygen atoms in total. The number of aliphatic hydroxyl groups is 1. The molecule has 0 aromatic carbocycles. The number of ether oxygens (including phenoxy) is 1. The molecule has 124 valence electrons. The van der Waals surface area contributed by atoms with Gasteiger partial charge in [-0.05, 0) is 37.3 Å². The van der Waals surface area contributed by atoms with E-state index in [0.29, 0.717) is 30.7 Å². The first kappa shape index (κ1) is 16.4. The predicted molar refractivity (Wildman–Crippen MR) is 88.9 cm³/mol. The minimum absolute atomic E-state index is 0.0467. The number of Topliss-reactive ketones (excluding diaryl/α,β-unsaturated/α-hetero) is 1. The molecule has 2 aromatic heterocycles. The maximum atomic E-state index is 12.5. The van der Waals surface area contributed by atoms with Gasteiger partial charge in [-0.15, -0.1) is 0 Å². The Kier molecular flexibility index (Phi) is 4.94. The Labute approximate surface area is 139 Å². The van der Waals surface area contributed by atoms with Gasteiger partial charge in [-0.3, -0.25) is 4.79 Å². The highest BCUT2D eigenvalue weighted by atomic mass is 32.2. The summed E-state index contributed by atoms with van der Waals surface area (Å²) in [5.41, 5.74) is 2.95. The SMILES string of the molecule is CSCCOC(O)c1[nH]c2c(c1C)C(=O)CC(c1ccco1)C2. The van der Waals surface area contributed by atoms with Gasteiger partial charge in [-0.25, -0.2) is 0 Å². The van der Waals surface area contributed by atoms with Crippen LogP contribution in [0.3, 0.4) is 0 Å². The highest BCUT2D eigenvalue weighted by Gasteiger charge is 2.33. The maximum absolute atomic E-state index is 12.5. The largest absolute Gasteiger partial charge is 0.469 e. The number of carbonyl (C=O) groups excluding carboxylic acids is 1. The number of carbonyl (C=O) groups is 1. The molecule has 2 atom stereocenters. The van der Waals surface area contributed by atoms with E-state index in [2.05, 4.69) is 4.98 Å². The molecule has 3 rings (SSSR count). The average molecular weight is 335 g/mol. The lowest BCUT2D eigenvalue weighted by Crippen LogP contribution is -2.18. The number of aliphatic hydroxyl groups excluding tert-OH is 1. The van der Waals surface area contributed by atoms with Gasteiger partial charge in [0.25, 0.3) is 0 Å². The van der Waals surface area contributed by atoms with Gasteiger partial charge in [0.1, 0.15) is 5.76 Å². The van der Waals surface area contributed by atoms with Crippen molar-refractivity contribution < 1.29 is 19.1 Å². The van der Waals surface area contributed by atoms with Crippen molar-refractivity contribution >= 4 is 17.5 Å². The van der Waals surface area contributed by atoms with Gasteiger partial charge in [0.05, 0.1) is 18.6 Å². The molecule has 1 aliphatic rings. The Balaban J connectivity index is 1.82. The number of thioether (sulfide) groups is 1. The van der Waals surface area contributed by atoms with E-state index in [1.165, 1.54) is 0 Å². The number of H-pyrrole nitrogens is 1. The molecule has 2 aromatic rings. The normalized spacial score (nSPS) is 18.9. The molecule has 0 bridgehead atoms. The van der Waals surface area contributed by atoms with Crippen LogP contribution in [0.4, 0.5) is 0 Å². The van der Waals surface area contributed by atoms with E-state index in [0.717, 1.165) is 22.8 Å². The monoisotopic (exact) mass is 335 g/mol. The molecule has 0 saturated carbocycles. The summed E-state index contributed by atoms with van der Waals surface area (Å²) in [7, 11) is 0. The first-order chi connectivity index (χ1) is 11.1. The number of fused-ring (bicyclic) bond motifs is 1. The van der Waals surface area contributed by atoms with Crippen molar-refractivity contribution in [1.82, 2.24) is 4.98 Å². The molecule has 6 heteroatoms. The van der Waals surface area contributed by atoms with Crippen LogP contribution in [-0.2, 0) is 11.2 Å². The molecule has 0 aliphatic heterocycles. The second-order valence-electron chi connectivity index (χ2n) is 5.78. The third kappa shape index (κ3) is 3.24. The Bertz CT molecular complexity index is 677. The zero-order valence-corrected chi connectivity index (χ0v) is 14.1. The van der Waals surface area contributed by atoms with Crippen LogP contribution < -0.4 is 0 Å².